The molecule has 0 aliphatic rings. The molecule has 2 rings (SSSR count). The van der Waals surface area contributed by atoms with E-state index < -0.39 is 28.3 Å². The standard InChI is InChI=1S/C14H13F2NO3S/c15-12-4-1-10(2-5-12)8-17-21(19,20)14-7-13(16)6-3-11(14)9-18/h1-7,17-18H,8-9H2. The lowest BCUT2D eigenvalue weighted by atomic mass is 10.2. The van der Waals surface area contributed by atoms with E-state index in [4.69, 9.17) is 5.11 Å². The van der Waals surface area contributed by atoms with Crippen molar-refractivity contribution in [3.63, 3.8) is 0 Å². The Morgan fingerprint density at radius 2 is 1.62 bits per heavy atom. The van der Waals surface area contributed by atoms with E-state index in [0.717, 1.165) is 12.1 Å². The lowest BCUT2D eigenvalue weighted by molar-refractivity contribution is 0.278. The van der Waals surface area contributed by atoms with E-state index in [2.05, 4.69) is 4.72 Å². The highest BCUT2D eigenvalue weighted by molar-refractivity contribution is 7.89. The molecular weight excluding hydrogens is 300 g/mol. The Morgan fingerprint density at radius 1 is 1.00 bits per heavy atom. The molecule has 0 bridgehead atoms. The van der Waals surface area contributed by atoms with Crippen LogP contribution in [0.5, 0.6) is 0 Å². The highest BCUT2D eigenvalue weighted by atomic mass is 32.2. The maximum atomic E-state index is 13.2. The van der Waals surface area contributed by atoms with Crippen molar-refractivity contribution in [3.8, 4) is 0 Å². The third kappa shape index (κ3) is 3.84. The Bertz CT molecular complexity index is 730. The van der Waals surface area contributed by atoms with Crippen molar-refractivity contribution in [2.45, 2.75) is 18.0 Å². The van der Waals surface area contributed by atoms with Gasteiger partial charge >= 0.3 is 0 Å². The fourth-order valence-electron chi connectivity index (χ4n) is 1.77. The largest absolute Gasteiger partial charge is 0.392 e. The molecule has 2 aromatic carbocycles. The van der Waals surface area contributed by atoms with Gasteiger partial charge in [-0.3, -0.25) is 0 Å². The first kappa shape index (κ1) is 15.6. The molecule has 0 spiro atoms. The lowest BCUT2D eigenvalue weighted by Crippen LogP contribution is -2.24. The van der Waals surface area contributed by atoms with Gasteiger partial charge in [0.1, 0.15) is 11.6 Å². The molecule has 0 aliphatic carbocycles. The summed E-state index contributed by atoms with van der Waals surface area (Å²) in [6, 6.07) is 8.44. The van der Waals surface area contributed by atoms with Crippen LogP contribution in [0.3, 0.4) is 0 Å². The second-order valence-corrected chi connectivity index (χ2v) is 6.10. The number of aliphatic hydroxyl groups excluding tert-OH is 1. The number of aliphatic hydroxyl groups is 1. The lowest BCUT2D eigenvalue weighted by Gasteiger charge is -2.10. The van der Waals surface area contributed by atoms with E-state index >= 15 is 0 Å². The smallest absolute Gasteiger partial charge is 0.241 e. The van der Waals surface area contributed by atoms with E-state index in [-0.39, 0.29) is 17.0 Å². The molecule has 0 aliphatic heterocycles. The van der Waals surface area contributed by atoms with E-state index in [0.29, 0.717) is 5.56 Å². The highest BCUT2D eigenvalue weighted by Crippen LogP contribution is 2.17. The van der Waals surface area contributed by atoms with Crippen LogP contribution in [-0.4, -0.2) is 13.5 Å². The van der Waals surface area contributed by atoms with Gasteiger partial charge in [-0.15, -0.1) is 0 Å². The third-order valence-electron chi connectivity index (χ3n) is 2.87. The van der Waals surface area contributed by atoms with Gasteiger partial charge in [0.05, 0.1) is 11.5 Å². The number of hydrogen-bond donors (Lipinski definition) is 2. The topological polar surface area (TPSA) is 66.4 Å². The average Bonchev–Trinajstić information content (AvgIpc) is 2.47. The van der Waals surface area contributed by atoms with Crippen molar-refractivity contribution in [2.75, 3.05) is 0 Å². The number of halogens is 2. The molecule has 0 amide bonds. The predicted molar refractivity (Wildman–Crippen MR) is 72.7 cm³/mol. The van der Waals surface area contributed by atoms with Gasteiger partial charge < -0.3 is 5.11 Å². The molecule has 0 aromatic heterocycles. The average molecular weight is 313 g/mol. The molecule has 7 heteroatoms. The van der Waals surface area contributed by atoms with Crippen molar-refractivity contribution in [1.82, 2.24) is 4.72 Å². The summed E-state index contributed by atoms with van der Waals surface area (Å²) in [6.07, 6.45) is 0. The Labute approximate surface area is 121 Å². The summed E-state index contributed by atoms with van der Waals surface area (Å²) < 4.78 is 52.5. The monoisotopic (exact) mass is 313 g/mol. The molecule has 112 valence electrons. The van der Waals surface area contributed by atoms with Crippen molar-refractivity contribution in [3.05, 3.63) is 65.2 Å². The van der Waals surface area contributed by atoms with Crippen LogP contribution in [0.15, 0.2) is 47.4 Å². The van der Waals surface area contributed by atoms with E-state index in [9.17, 15) is 17.2 Å². The van der Waals surface area contributed by atoms with E-state index in [1.807, 2.05) is 0 Å². The summed E-state index contributed by atoms with van der Waals surface area (Å²) in [7, 11) is -3.98. The van der Waals surface area contributed by atoms with E-state index in [1.54, 1.807) is 0 Å². The molecule has 2 N–H and O–H groups in total. The highest BCUT2D eigenvalue weighted by Gasteiger charge is 2.18. The quantitative estimate of drug-likeness (QED) is 0.886. The van der Waals surface area contributed by atoms with Crippen LogP contribution in [0.1, 0.15) is 11.1 Å². The zero-order valence-corrected chi connectivity index (χ0v) is 11.7. The maximum Gasteiger partial charge on any atom is 0.241 e. The summed E-state index contributed by atoms with van der Waals surface area (Å²) >= 11 is 0. The molecule has 21 heavy (non-hydrogen) atoms. The summed E-state index contributed by atoms with van der Waals surface area (Å²) in [6.45, 7) is -0.586. The van der Waals surface area contributed by atoms with Crippen LogP contribution in [0.25, 0.3) is 0 Å². The fraction of sp³-hybridized carbons (Fsp3) is 0.143. The van der Waals surface area contributed by atoms with Gasteiger partial charge in [0.2, 0.25) is 10.0 Å². The second kappa shape index (κ2) is 6.30. The van der Waals surface area contributed by atoms with Gasteiger partial charge in [0, 0.05) is 6.54 Å². The first-order valence-electron chi connectivity index (χ1n) is 6.06. The van der Waals surface area contributed by atoms with Gasteiger partial charge in [-0.05, 0) is 35.4 Å². The number of hydrogen-bond acceptors (Lipinski definition) is 3. The van der Waals surface area contributed by atoms with Crippen LogP contribution >= 0.6 is 0 Å². The van der Waals surface area contributed by atoms with Crippen LogP contribution in [0.4, 0.5) is 8.78 Å². The fourth-order valence-corrected chi connectivity index (χ4v) is 3.03. The Morgan fingerprint density at radius 3 is 2.24 bits per heavy atom. The second-order valence-electron chi connectivity index (χ2n) is 4.36. The van der Waals surface area contributed by atoms with Crippen LogP contribution in [-0.2, 0) is 23.2 Å². The molecule has 2 aromatic rings. The normalized spacial score (nSPS) is 11.6. The number of nitrogens with one attached hydrogen (secondary N) is 1. The molecule has 0 unspecified atom stereocenters. The van der Waals surface area contributed by atoms with Gasteiger partial charge in [0.15, 0.2) is 0 Å². The van der Waals surface area contributed by atoms with Gasteiger partial charge in [0.25, 0.3) is 0 Å². The van der Waals surface area contributed by atoms with Crippen LogP contribution in [0, 0.1) is 11.6 Å². The molecule has 0 saturated carbocycles. The number of rotatable bonds is 5. The molecule has 0 atom stereocenters. The minimum absolute atomic E-state index is 0.0655. The maximum absolute atomic E-state index is 13.2. The number of benzene rings is 2. The first-order chi connectivity index (χ1) is 9.92. The van der Waals surface area contributed by atoms with Gasteiger partial charge in [-0.1, -0.05) is 18.2 Å². The van der Waals surface area contributed by atoms with Crippen LogP contribution in [0.2, 0.25) is 0 Å². The molecule has 0 saturated heterocycles. The molecule has 4 nitrogen and oxygen atoms in total. The minimum Gasteiger partial charge on any atom is -0.392 e. The Kier molecular flexibility index (Phi) is 4.66. The van der Waals surface area contributed by atoms with Crippen molar-refractivity contribution < 1.29 is 22.3 Å². The van der Waals surface area contributed by atoms with E-state index in [1.165, 1.54) is 30.3 Å². The van der Waals surface area contributed by atoms with Crippen molar-refractivity contribution in [2.24, 2.45) is 0 Å². The number of sulfonamides is 1. The zero-order valence-electron chi connectivity index (χ0n) is 10.9. The summed E-state index contributed by atoms with van der Waals surface area (Å²) in [5.74, 6) is -1.14. The SMILES string of the molecule is O=S(=O)(NCc1ccc(F)cc1)c1cc(F)ccc1CO. The summed E-state index contributed by atoms with van der Waals surface area (Å²) in [4.78, 5) is -0.313. The first-order valence-corrected chi connectivity index (χ1v) is 7.54. The molecule has 0 heterocycles. The van der Waals surface area contributed by atoms with Crippen molar-refractivity contribution >= 4 is 10.0 Å². The molecular formula is C14H13F2NO3S. The Balaban J connectivity index is 2.22. The Hall–Kier alpha value is -1.83. The molecule has 0 fully saturated rings. The van der Waals surface area contributed by atoms with Gasteiger partial charge in [-0.2, -0.15) is 0 Å². The van der Waals surface area contributed by atoms with Crippen LogP contribution < -0.4 is 4.72 Å². The summed E-state index contributed by atoms with van der Waals surface area (Å²) in [5, 5.41) is 9.13. The van der Waals surface area contributed by atoms with Crippen molar-refractivity contribution in [1.29, 1.82) is 0 Å². The van der Waals surface area contributed by atoms with Gasteiger partial charge in [-0.25, -0.2) is 21.9 Å². The predicted octanol–water partition coefficient (Wildman–Crippen LogP) is 1.94. The third-order valence-corrected chi connectivity index (χ3v) is 4.35. The molecule has 0 radical (unpaired) electrons. The minimum atomic E-state index is -3.98. The summed E-state index contributed by atoms with van der Waals surface area (Å²) in [5.41, 5.74) is 0.657. The zero-order chi connectivity index (χ0) is 15.5.